The van der Waals surface area contributed by atoms with Gasteiger partial charge in [0, 0.05) is 12.6 Å². The fourth-order valence-corrected chi connectivity index (χ4v) is 2.14. The summed E-state index contributed by atoms with van der Waals surface area (Å²) in [6.45, 7) is 1.80. The number of hydrogen-bond donors (Lipinski definition) is 0. The zero-order valence-corrected chi connectivity index (χ0v) is 9.96. The number of aromatic nitrogens is 4. The zero-order chi connectivity index (χ0) is 12.5. The van der Waals surface area contributed by atoms with Gasteiger partial charge in [0.15, 0.2) is 0 Å². The quantitative estimate of drug-likeness (QED) is 0.799. The van der Waals surface area contributed by atoms with Crippen molar-refractivity contribution in [1.29, 1.82) is 0 Å². The van der Waals surface area contributed by atoms with Crippen LogP contribution >= 0.6 is 0 Å². The van der Waals surface area contributed by atoms with Gasteiger partial charge in [-0.3, -0.25) is 4.79 Å². The number of nitrogens with zero attached hydrogens (tertiary/aromatic N) is 4. The van der Waals surface area contributed by atoms with Crippen LogP contribution in [-0.4, -0.2) is 25.9 Å². The van der Waals surface area contributed by atoms with E-state index in [2.05, 4.69) is 20.1 Å². The van der Waals surface area contributed by atoms with E-state index in [0.717, 1.165) is 12.8 Å². The maximum absolute atomic E-state index is 11.6. The van der Waals surface area contributed by atoms with Gasteiger partial charge in [-0.2, -0.15) is 4.98 Å². The summed E-state index contributed by atoms with van der Waals surface area (Å²) in [6, 6.07) is 1.72. The average molecular weight is 244 g/mol. The Morgan fingerprint density at radius 3 is 3.00 bits per heavy atom. The summed E-state index contributed by atoms with van der Waals surface area (Å²) in [7, 11) is 0. The summed E-state index contributed by atoms with van der Waals surface area (Å²) in [5, 5.41) is 3.88. The topological polar surface area (TPSA) is 81.8 Å². The minimum absolute atomic E-state index is 0.184. The van der Waals surface area contributed by atoms with Crippen LogP contribution in [0.5, 0.6) is 0 Å². The van der Waals surface area contributed by atoms with E-state index in [-0.39, 0.29) is 11.7 Å². The van der Waals surface area contributed by atoms with E-state index in [0.29, 0.717) is 29.7 Å². The molecule has 0 amide bonds. The Balaban J connectivity index is 1.92. The van der Waals surface area contributed by atoms with E-state index in [4.69, 9.17) is 4.52 Å². The summed E-state index contributed by atoms with van der Waals surface area (Å²) in [6.07, 6.45) is 3.94. The van der Waals surface area contributed by atoms with Crippen LogP contribution in [0.2, 0.25) is 0 Å². The highest BCUT2D eigenvalue weighted by atomic mass is 16.5. The molecule has 0 spiro atoms. The van der Waals surface area contributed by atoms with Crippen molar-refractivity contribution >= 4 is 5.78 Å². The predicted octanol–water partition coefficient (Wildman–Crippen LogP) is 1.67. The van der Waals surface area contributed by atoms with Crippen LogP contribution in [0.25, 0.3) is 11.5 Å². The largest absolute Gasteiger partial charge is 0.338 e. The second-order valence-corrected chi connectivity index (χ2v) is 4.36. The molecule has 6 nitrogen and oxygen atoms in total. The molecule has 0 bridgehead atoms. The summed E-state index contributed by atoms with van der Waals surface area (Å²) in [5.74, 6) is 1.42. The van der Waals surface area contributed by atoms with Crippen molar-refractivity contribution in [1.82, 2.24) is 20.1 Å². The van der Waals surface area contributed by atoms with Crippen LogP contribution in [0.4, 0.5) is 0 Å². The normalized spacial score (nSPS) is 19.4. The third-order valence-electron chi connectivity index (χ3n) is 3.05. The maximum Gasteiger partial charge on any atom is 0.237 e. The SMILES string of the molecule is Cc1nccc(-c2noc(C3CCCC3=O)n2)n1. The molecule has 1 unspecified atom stereocenters. The van der Waals surface area contributed by atoms with Gasteiger partial charge in [0.05, 0.1) is 5.92 Å². The minimum Gasteiger partial charge on any atom is -0.338 e. The second kappa shape index (κ2) is 4.29. The number of rotatable bonds is 2. The molecule has 3 rings (SSSR count). The van der Waals surface area contributed by atoms with Crippen molar-refractivity contribution in [2.45, 2.75) is 32.1 Å². The van der Waals surface area contributed by atoms with E-state index < -0.39 is 0 Å². The van der Waals surface area contributed by atoms with Crippen LogP contribution in [0.3, 0.4) is 0 Å². The van der Waals surface area contributed by atoms with Crippen LogP contribution < -0.4 is 0 Å². The van der Waals surface area contributed by atoms with E-state index in [1.165, 1.54) is 0 Å². The first-order valence-corrected chi connectivity index (χ1v) is 5.90. The van der Waals surface area contributed by atoms with Gasteiger partial charge in [0.2, 0.25) is 11.7 Å². The summed E-state index contributed by atoms with van der Waals surface area (Å²) in [4.78, 5) is 24.1. The molecular weight excluding hydrogens is 232 g/mol. The standard InChI is InChI=1S/C12H12N4O2/c1-7-13-6-5-9(14-7)11-15-12(18-16-11)8-3-2-4-10(8)17/h5-6,8H,2-4H2,1H3. The number of Topliss-reactive ketones (excluding diaryl/α,β-unsaturated/α-hetero) is 1. The van der Waals surface area contributed by atoms with Crippen LogP contribution in [0, 0.1) is 6.92 Å². The highest BCUT2D eigenvalue weighted by molar-refractivity contribution is 5.86. The van der Waals surface area contributed by atoms with Gasteiger partial charge in [0.25, 0.3) is 0 Å². The molecule has 1 saturated carbocycles. The smallest absolute Gasteiger partial charge is 0.237 e. The first-order valence-electron chi connectivity index (χ1n) is 5.90. The van der Waals surface area contributed by atoms with Gasteiger partial charge in [-0.05, 0) is 25.8 Å². The van der Waals surface area contributed by atoms with Crippen LogP contribution in [0.1, 0.15) is 36.9 Å². The number of ketones is 1. The monoisotopic (exact) mass is 244 g/mol. The molecule has 0 aliphatic heterocycles. The Hall–Kier alpha value is -2.11. The Morgan fingerprint density at radius 2 is 2.28 bits per heavy atom. The van der Waals surface area contributed by atoms with Gasteiger partial charge in [-0.15, -0.1) is 0 Å². The fourth-order valence-electron chi connectivity index (χ4n) is 2.14. The lowest BCUT2D eigenvalue weighted by molar-refractivity contribution is -0.119. The molecule has 0 radical (unpaired) electrons. The lowest BCUT2D eigenvalue weighted by Crippen LogP contribution is -2.04. The first kappa shape index (κ1) is 11.0. The van der Waals surface area contributed by atoms with Gasteiger partial charge in [-0.1, -0.05) is 5.16 Å². The molecule has 6 heteroatoms. The highest BCUT2D eigenvalue weighted by Crippen LogP contribution is 2.30. The minimum atomic E-state index is -0.228. The average Bonchev–Trinajstić information content (AvgIpc) is 2.97. The van der Waals surface area contributed by atoms with Crippen molar-refractivity contribution in [3.63, 3.8) is 0 Å². The molecule has 18 heavy (non-hydrogen) atoms. The molecule has 0 saturated heterocycles. The predicted molar refractivity (Wildman–Crippen MR) is 61.7 cm³/mol. The number of carbonyl (C=O) groups is 1. The van der Waals surface area contributed by atoms with Gasteiger partial charge in [-0.25, -0.2) is 9.97 Å². The highest BCUT2D eigenvalue weighted by Gasteiger charge is 2.31. The summed E-state index contributed by atoms with van der Waals surface area (Å²) < 4.78 is 5.17. The van der Waals surface area contributed by atoms with Crippen LogP contribution in [0.15, 0.2) is 16.8 Å². The molecule has 1 atom stereocenters. The number of hydrogen-bond acceptors (Lipinski definition) is 6. The van der Waals surface area contributed by atoms with E-state index in [1.54, 1.807) is 19.2 Å². The molecule has 1 fully saturated rings. The maximum atomic E-state index is 11.6. The first-order chi connectivity index (χ1) is 8.74. The molecule has 92 valence electrons. The van der Waals surface area contributed by atoms with E-state index in [1.807, 2.05) is 0 Å². The Morgan fingerprint density at radius 1 is 1.39 bits per heavy atom. The third-order valence-corrected chi connectivity index (χ3v) is 3.05. The molecular formula is C12H12N4O2. The molecule has 0 N–H and O–H groups in total. The molecule has 2 aromatic heterocycles. The molecule has 1 aliphatic rings. The zero-order valence-electron chi connectivity index (χ0n) is 9.96. The fraction of sp³-hybridized carbons (Fsp3) is 0.417. The van der Waals surface area contributed by atoms with Crippen molar-refractivity contribution in [3.8, 4) is 11.5 Å². The van der Waals surface area contributed by atoms with Crippen molar-refractivity contribution < 1.29 is 9.32 Å². The molecule has 2 aromatic rings. The van der Waals surface area contributed by atoms with Gasteiger partial charge >= 0.3 is 0 Å². The molecule has 0 aromatic carbocycles. The van der Waals surface area contributed by atoms with Gasteiger partial charge < -0.3 is 4.52 Å². The summed E-state index contributed by atoms with van der Waals surface area (Å²) >= 11 is 0. The molecule has 2 heterocycles. The number of aryl methyl sites for hydroxylation is 1. The Labute approximate surface area is 103 Å². The van der Waals surface area contributed by atoms with E-state index in [9.17, 15) is 4.79 Å². The molecule has 1 aliphatic carbocycles. The Bertz CT molecular complexity index is 593. The van der Waals surface area contributed by atoms with Crippen molar-refractivity contribution in [2.24, 2.45) is 0 Å². The van der Waals surface area contributed by atoms with E-state index >= 15 is 0 Å². The lowest BCUT2D eigenvalue weighted by atomic mass is 10.1. The third kappa shape index (κ3) is 1.90. The second-order valence-electron chi connectivity index (χ2n) is 4.36. The van der Waals surface area contributed by atoms with Crippen molar-refractivity contribution in [3.05, 3.63) is 24.0 Å². The number of carbonyl (C=O) groups excluding carboxylic acids is 1. The Kier molecular flexibility index (Phi) is 2.62. The summed E-state index contributed by atoms with van der Waals surface area (Å²) in [5.41, 5.74) is 0.614. The van der Waals surface area contributed by atoms with Gasteiger partial charge in [0.1, 0.15) is 17.3 Å². The van der Waals surface area contributed by atoms with Crippen LogP contribution in [-0.2, 0) is 4.79 Å². The van der Waals surface area contributed by atoms with Crippen molar-refractivity contribution in [2.75, 3.05) is 0 Å². The lowest BCUT2D eigenvalue weighted by Gasteiger charge is -1.98.